The quantitative estimate of drug-likeness (QED) is 0.175. The highest BCUT2D eigenvalue weighted by Gasteiger charge is 2.23. The summed E-state index contributed by atoms with van der Waals surface area (Å²) in [5.41, 5.74) is 7.68. The Kier molecular flexibility index (Phi) is 7.58. The second-order valence-electron chi connectivity index (χ2n) is 14.7. The second-order valence-corrected chi connectivity index (χ2v) is 16.8. The number of nitrogens with zero attached hydrogens (tertiary/aromatic N) is 3. The fourth-order valence-electron chi connectivity index (χ4n) is 8.70. The van der Waals surface area contributed by atoms with Crippen molar-refractivity contribution < 1.29 is 0 Å². The lowest BCUT2D eigenvalue weighted by atomic mass is 9.93. The van der Waals surface area contributed by atoms with Gasteiger partial charge in [-0.2, -0.15) is 0 Å². The van der Waals surface area contributed by atoms with Crippen LogP contribution < -0.4 is 0 Å². The van der Waals surface area contributed by atoms with Crippen LogP contribution in [0.4, 0.5) is 0 Å². The van der Waals surface area contributed by atoms with Crippen LogP contribution in [0.2, 0.25) is 0 Å². The zero-order valence-corrected chi connectivity index (χ0v) is 32.7. The molecule has 0 spiro atoms. The molecule has 0 N–H and O–H groups in total. The number of fused-ring (bicyclic) bond motifs is 10. The molecular weight excluding hydrogens is 743 g/mol. The molecule has 0 saturated carbocycles. The van der Waals surface area contributed by atoms with Crippen LogP contribution in [-0.4, -0.2) is 15.0 Å². The van der Waals surface area contributed by atoms with Gasteiger partial charge in [0.05, 0.1) is 0 Å². The Bertz CT molecular complexity index is 3340. The van der Waals surface area contributed by atoms with Crippen LogP contribution in [0.1, 0.15) is 0 Å². The van der Waals surface area contributed by atoms with Gasteiger partial charge in [0.2, 0.25) is 0 Å². The Labute approximate surface area is 342 Å². The summed E-state index contributed by atoms with van der Waals surface area (Å²) >= 11 is 3.68. The van der Waals surface area contributed by atoms with Crippen LogP contribution in [0.15, 0.2) is 188 Å². The maximum atomic E-state index is 5.58. The highest BCUT2D eigenvalue weighted by molar-refractivity contribution is 7.27. The first kappa shape index (κ1) is 33.1. The van der Waals surface area contributed by atoms with Crippen LogP contribution in [0.3, 0.4) is 0 Å². The predicted molar refractivity (Wildman–Crippen MR) is 248 cm³/mol. The van der Waals surface area contributed by atoms with Crippen molar-refractivity contribution in [2.45, 2.75) is 0 Å². The molecule has 0 unspecified atom stereocenters. The smallest absolute Gasteiger partial charge is 0.164 e. The van der Waals surface area contributed by atoms with E-state index < -0.39 is 0 Å². The van der Waals surface area contributed by atoms with E-state index in [4.69, 9.17) is 15.0 Å². The van der Waals surface area contributed by atoms with Crippen molar-refractivity contribution in [2.75, 3.05) is 0 Å². The first-order valence-electron chi connectivity index (χ1n) is 19.4. The molecule has 9 aromatic carbocycles. The van der Waals surface area contributed by atoms with Crippen LogP contribution >= 0.6 is 22.7 Å². The largest absolute Gasteiger partial charge is 0.208 e. The summed E-state index contributed by atoms with van der Waals surface area (Å²) < 4.78 is 4.95. The molecule has 0 aliphatic heterocycles. The molecule has 3 nitrogen and oxygen atoms in total. The van der Waals surface area contributed by atoms with Gasteiger partial charge >= 0.3 is 0 Å². The Morgan fingerprint density at radius 3 is 1.12 bits per heavy atom. The summed E-state index contributed by atoms with van der Waals surface area (Å²) in [6.07, 6.45) is 0. The molecule has 3 aromatic heterocycles. The fraction of sp³-hybridized carbons (Fsp3) is 0. The molecule has 5 heteroatoms. The molecular formula is C53H31N3S2. The topological polar surface area (TPSA) is 38.7 Å². The lowest BCUT2D eigenvalue weighted by molar-refractivity contribution is 1.08. The van der Waals surface area contributed by atoms with Gasteiger partial charge in [0.15, 0.2) is 17.5 Å². The average Bonchev–Trinajstić information content (AvgIpc) is 3.89. The van der Waals surface area contributed by atoms with E-state index in [0.29, 0.717) is 17.5 Å². The fourth-order valence-corrected chi connectivity index (χ4v) is 11.2. The minimum absolute atomic E-state index is 0.647. The van der Waals surface area contributed by atoms with Gasteiger partial charge in [-0.05, 0) is 57.3 Å². The number of benzene rings is 9. The van der Waals surface area contributed by atoms with E-state index in [1.165, 1.54) is 84.1 Å². The zero-order chi connectivity index (χ0) is 38.2. The number of aromatic nitrogens is 3. The summed E-state index contributed by atoms with van der Waals surface area (Å²) in [5.74, 6) is 1.96. The highest BCUT2D eigenvalue weighted by atomic mass is 32.1. The highest BCUT2D eigenvalue weighted by Crippen LogP contribution is 2.48. The first-order valence-corrected chi connectivity index (χ1v) is 21.1. The summed E-state index contributed by atoms with van der Waals surface area (Å²) in [5, 5.41) is 9.57. The van der Waals surface area contributed by atoms with Crippen LogP contribution in [-0.2, 0) is 0 Å². The van der Waals surface area contributed by atoms with Crippen molar-refractivity contribution in [3.8, 4) is 56.4 Å². The molecule has 58 heavy (non-hydrogen) atoms. The third-order valence-corrected chi connectivity index (χ3v) is 13.7. The van der Waals surface area contributed by atoms with Crippen molar-refractivity contribution in [2.24, 2.45) is 0 Å². The van der Waals surface area contributed by atoms with Crippen LogP contribution in [0.25, 0.3) is 118 Å². The zero-order valence-electron chi connectivity index (χ0n) is 31.1. The van der Waals surface area contributed by atoms with Gasteiger partial charge in [0.25, 0.3) is 0 Å². The third kappa shape index (κ3) is 5.21. The number of rotatable bonds is 5. The summed E-state index contributed by atoms with van der Waals surface area (Å²) in [6.45, 7) is 0. The first-order chi connectivity index (χ1) is 28.8. The van der Waals surface area contributed by atoms with Crippen molar-refractivity contribution in [1.82, 2.24) is 15.0 Å². The number of thiophene rings is 2. The van der Waals surface area contributed by atoms with Crippen LogP contribution in [0, 0.1) is 0 Å². The van der Waals surface area contributed by atoms with Crippen molar-refractivity contribution in [1.29, 1.82) is 0 Å². The minimum atomic E-state index is 0.647. The Hall–Kier alpha value is -7.05. The van der Waals surface area contributed by atoms with E-state index in [1.54, 1.807) is 0 Å². The lowest BCUT2D eigenvalue weighted by Gasteiger charge is -2.15. The van der Waals surface area contributed by atoms with E-state index >= 15 is 0 Å². The van der Waals surface area contributed by atoms with Gasteiger partial charge in [0, 0.05) is 67.8 Å². The monoisotopic (exact) mass is 773 g/mol. The molecule has 3 heterocycles. The third-order valence-electron chi connectivity index (χ3n) is 11.3. The number of hydrogen-bond donors (Lipinski definition) is 0. The standard InChI is InChI=1S/C53H31N3S2/c1-4-16-32(17-5-1)35-24-14-26-37-41(35)30-43(47-39-22-10-12-28-45(39)57-49(37)47)52-54-51(34-20-8-3-9-21-34)55-53(56-52)44-31-42-36(33-18-6-2-7-19-33)25-15-27-38(42)50-48(44)40-23-11-13-29-46(40)58-50/h1-31H. The van der Waals surface area contributed by atoms with Gasteiger partial charge in [-0.1, -0.05) is 164 Å². The molecule has 0 bridgehead atoms. The molecule has 0 radical (unpaired) electrons. The molecule has 12 aromatic rings. The van der Waals surface area contributed by atoms with Gasteiger partial charge in [-0.3, -0.25) is 0 Å². The Balaban J connectivity index is 1.22. The van der Waals surface area contributed by atoms with Gasteiger partial charge in [0.1, 0.15) is 0 Å². The molecule has 270 valence electrons. The normalized spacial score (nSPS) is 11.8. The summed E-state index contributed by atoms with van der Waals surface area (Å²) in [4.78, 5) is 16.4. The second kappa shape index (κ2) is 13.3. The molecule has 0 saturated heterocycles. The molecule has 0 aliphatic carbocycles. The van der Waals surface area contributed by atoms with Gasteiger partial charge in [-0.15, -0.1) is 22.7 Å². The molecule has 0 fully saturated rings. The van der Waals surface area contributed by atoms with E-state index in [-0.39, 0.29) is 0 Å². The Morgan fingerprint density at radius 1 is 0.276 bits per heavy atom. The van der Waals surface area contributed by atoms with Gasteiger partial charge in [-0.25, -0.2) is 15.0 Å². The maximum absolute atomic E-state index is 5.58. The van der Waals surface area contributed by atoms with Gasteiger partial charge < -0.3 is 0 Å². The van der Waals surface area contributed by atoms with Crippen LogP contribution in [0.5, 0.6) is 0 Å². The maximum Gasteiger partial charge on any atom is 0.164 e. The lowest BCUT2D eigenvalue weighted by Crippen LogP contribution is -2.01. The molecule has 0 amide bonds. The predicted octanol–water partition coefficient (Wildman–Crippen LogP) is 15.2. The van der Waals surface area contributed by atoms with E-state index in [2.05, 4.69) is 182 Å². The number of hydrogen-bond acceptors (Lipinski definition) is 5. The molecule has 12 rings (SSSR count). The van der Waals surface area contributed by atoms with Crippen molar-refractivity contribution in [3.63, 3.8) is 0 Å². The Morgan fingerprint density at radius 2 is 0.655 bits per heavy atom. The molecule has 0 aliphatic rings. The SMILES string of the molecule is c1ccc(-c2nc(-c3cc4c(-c5ccccc5)cccc4c4sc5ccccc5c34)nc(-c3cc4c(-c5ccccc5)cccc4c4sc5ccccc5c34)n2)cc1. The van der Waals surface area contributed by atoms with E-state index in [9.17, 15) is 0 Å². The van der Waals surface area contributed by atoms with Crippen molar-refractivity contribution >= 4 is 84.6 Å². The minimum Gasteiger partial charge on any atom is -0.208 e. The average molecular weight is 774 g/mol. The summed E-state index contributed by atoms with van der Waals surface area (Å²) in [6, 6.07) is 67.1. The summed E-state index contributed by atoms with van der Waals surface area (Å²) in [7, 11) is 0. The van der Waals surface area contributed by atoms with Crippen molar-refractivity contribution in [3.05, 3.63) is 188 Å². The molecule has 0 atom stereocenters. The van der Waals surface area contributed by atoms with E-state index in [1.807, 2.05) is 28.7 Å². The van der Waals surface area contributed by atoms with E-state index in [0.717, 1.165) is 16.7 Å².